The highest BCUT2D eigenvalue weighted by atomic mass is 32.1. The van der Waals surface area contributed by atoms with Gasteiger partial charge in [-0.1, -0.05) is 42.5 Å². The number of carbonyl (C=O) groups is 1. The zero-order chi connectivity index (χ0) is 17.9. The molecule has 0 atom stereocenters. The van der Waals surface area contributed by atoms with Crippen LogP contribution in [0.15, 0.2) is 60.7 Å². The van der Waals surface area contributed by atoms with Crippen molar-refractivity contribution in [3.8, 4) is 0 Å². The molecule has 26 heavy (non-hydrogen) atoms. The molecule has 4 nitrogen and oxygen atoms in total. The monoisotopic (exact) mass is 359 g/mol. The highest BCUT2D eigenvalue weighted by molar-refractivity contribution is 7.14. The van der Waals surface area contributed by atoms with Gasteiger partial charge in [0.05, 0.1) is 16.1 Å². The van der Waals surface area contributed by atoms with Crippen LogP contribution < -0.4 is 5.32 Å². The molecule has 0 aliphatic rings. The quantitative estimate of drug-likeness (QED) is 0.516. The van der Waals surface area contributed by atoms with E-state index in [2.05, 4.69) is 15.5 Å². The zero-order valence-corrected chi connectivity index (χ0v) is 15.0. The van der Waals surface area contributed by atoms with Crippen molar-refractivity contribution in [3.63, 3.8) is 0 Å². The maximum atomic E-state index is 12.4. The number of nitrogens with zero attached hydrogens (tertiary/aromatic N) is 1. The van der Waals surface area contributed by atoms with Gasteiger partial charge in [0.2, 0.25) is 0 Å². The van der Waals surface area contributed by atoms with Crippen molar-refractivity contribution < 1.29 is 4.79 Å². The second-order valence-electron chi connectivity index (χ2n) is 5.94. The fourth-order valence-corrected chi connectivity index (χ4v) is 3.54. The van der Waals surface area contributed by atoms with Gasteiger partial charge in [-0.2, -0.15) is 5.10 Å². The van der Waals surface area contributed by atoms with Gasteiger partial charge in [0.15, 0.2) is 0 Å². The Hall–Kier alpha value is -3.18. The van der Waals surface area contributed by atoms with Gasteiger partial charge in [0.25, 0.3) is 5.91 Å². The highest BCUT2D eigenvalue weighted by Crippen LogP contribution is 2.23. The molecule has 0 unspecified atom stereocenters. The predicted molar refractivity (Wildman–Crippen MR) is 108 cm³/mol. The minimum atomic E-state index is -0.0887. The van der Waals surface area contributed by atoms with Gasteiger partial charge in [0.1, 0.15) is 0 Å². The smallest absolute Gasteiger partial charge is 0.265 e. The second kappa shape index (κ2) is 6.98. The third-order valence-electron chi connectivity index (χ3n) is 4.09. The molecule has 0 saturated carbocycles. The molecule has 0 fully saturated rings. The van der Waals surface area contributed by atoms with E-state index in [1.807, 2.05) is 79.7 Å². The number of para-hydroxylation sites is 2. The number of hydrogen-bond donors (Lipinski definition) is 2. The van der Waals surface area contributed by atoms with E-state index in [4.69, 9.17) is 0 Å². The summed E-state index contributed by atoms with van der Waals surface area (Å²) in [5.74, 6) is -0.0887. The fraction of sp³-hybridized carbons (Fsp3) is 0.0476. The lowest BCUT2D eigenvalue weighted by Gasteiger charge is -2.07. The first-order valence-electron chi connectivity index (χ1n) is 8.29. The van der Waals surface area contributed by atoms with Crippen LogP contribution in [-0.4, -0.2) is 16.1 Å². The van der Waals surface area contributed by atoms with Crippen LogP contribution in [0.2, 0.25) is 0 Å². The average Bonchev–Trinajstić information content (AvgIpc) is 3.27. The van der Waals surface area contributed by atoms with Crippen LogP contribution in [-0.2, 0) is 0 Å². The average molecular weight is 359 g/mol. The molecule has 2 aromatic heterocycles. The third kappa shape index (κ3) is 3.30. The lowest BCUT2D eigenvalue weighted by atomic mass is 10.1. The molecule has 4 aromatic rings. The minimum Gasteiger partial charge on any atom is -0.321 e. The number of benzene rings is 2. The Kier molecular flexibility index (Phi) is 4.37. The largest absolute Gasteiger partial charge is 0.321 e. The maximum absolute atomic E-state index is 12.4. The lowest BCUT2D eigenvalue weighted by Crippen LogP contribution is -2.10. The van der Waals surface area contributed by atoms with Gasteiger partial charge in [-0.3, -0.25) is 9.89 Å². The first-order valence-corrected chi connectivity index (χ1v) is 9.10. The molecule has 0 spiro atoms. The molecular formula is C21H17N3OS. The molecular weight excluding hydrogens is 342 g/mol. The summed E-state index contributed by atoms with van der Waals surface area (Å²) in [5.41, 5.74) is 3.58. The molecule has 0 radical (unpaired) electrons. The number of aromatic nitrogens is 2. The van der Waals surface area contributed by atoms with Gasteiger partial charge in [-0.25, -0.2) is 0 Å². The van der Waals surface area contributed by atoms with Crippen LogP contribution in [0, 0.1) is 6.92 Å². The molecule has 4 rings (SSSR count). The van der Waals surface area contributed by atoms with Crippen LogP contribution in [0.4, 0.5) is 5.69 Å². The number of amides is 1. The van der Waals surface area contributed by atoms with Crippen LogP contribution in [0.5, 0.6) is 0 Å². The summed E-state index contributed by atoms with van der Waals surface area (Å²) in [6.45, 7) is 1.99. The normalized spacial score (nSPS) is 11.3. The standard InChI is InChI=1S/C21H17N3OS/c1-14-10-13-20(26-14)21(25)22-17-8-4-2-6-15(17)11-12-19-16-7-3-5-9-18(16)23-24-19/h2-13H,1H3,(H,22,25)(H,23,24)/b12-11+. The van der Waals surface area contributed by atoms with Gasteiger partial charge in [0, 0.05) is 16.0 Å². The van der Waals surface area contributed by atoms with Crippen molar-refractivity contribution in [1.29, 1.82) is 0 Å². The summed E-state index contributed by atoms with van der Waals surface area (Å²) in [6.07, 6.45) is 3.93. The van der Waals surface area contributed by atoms with E-state index < -0.39 is 0 Å². The Morgan fingerprint density at radius 2 is 1.85 bits per heavy atom. The molecule has 0 aliphatic carbocycles. The number of fused-ring (bicyclic) bond motifs is 1. The van der Waals surface area contributed by atoms with Crippen LogP contribution >= 0.6 is 11.3 Å². The molecule has 2 aromatic carbocycles. The van der Waals surface area contributed by atoms with Crippen molar-refractivity contribution in [3.05, 3.63) is 81.7 Å². The number of anilines is 1. The maximum Gasteiger partial charge on any atom is 0.265 e. The number of thiophene rings is 1. The summed E-state index contributed by atoms with van der Waals surface area (Å²) in [6, 6.07) is 19.5. The highest BCUT2D eigenvalue weighted by Gasteiger charge is 2.10. The van der Waals surface area contributed by atoms with Crippen molar-refractivity contribution in [2.75, 3.05) is 5.32 Å². The number of H-pyrrole nitrogens is 1. The van der Waals surface area contributed by atoms with Gasteiger partial charge >= 0.3 is 0 Å². The molecule has 0 saturated heterocycles. The Labute approximate surface area is 155 Å². The summed E-state index contributed by atoms with van der Waals surface area (Å²) < 4.78 is 0. The van der Waals surface area contributed by atoms with Crippen LogP contribution in [0.3, 0.4) is 0 Å². The van der Waals surface area contributed by atoms with Gasteiger partial charge in [-0.05, 0) is 42.8 Å². The number of aryl methyl sites for hydroxylation is 1. The minimum absolute atomic E-state index is 0.0887. The van der Waals surface area contributed by atoms with Crippen molar-refractivity contribution in [2.45, 2.75) is 6.92 Å². The Balaban J connectivity index is 1.60. The Morgan fingerprint density at radius 3 is 2.69 bits per heavy atom. The van der Waals surface area contributed by atoms with Crippen molar-refractivity contribution >= 4 is 46.0 Å². The summed E-state index contributed by atoms with van der Waals surface area (Å²) in [5, 5.41) is 11.4. The second-order valence-corrected chi connectivity index (χ2v) is 7.23. The fourth-order valence-electron chi connectivity index (χ4n) is 2.78. The molecule has 0 aliphatic heterocycles. The van der Waals surface area contributed by atoms with E-state index in [1.54, 1.807) is 0 Å². The van der Waals surface area contributed by atoms with E-state index in [9.17, 15) is 4.79 Å². The first-order chi connectivity index (χ1) is 12.7. The van der Waals surface area contributed by atoms with E-state index in [0.717, 1.165) is 32.7 Å². The topological polar surface area (TPSA) is 57.8 Å². The summed E-state index contributed by atoms with van der Waals surface area (Å²) in [4.78, 5) is 14.3. The number of rotatable bonds is 4. The van der Waals surface area contributed by atoms with Crippen LogP contribution in [0.1, 0.15) is 25.8 Å². The third-order valence-corrected chi connectivity index (χ3v) is 5.09. The van der Waals surface area contributed by atoms with Crippen LogP contribution in [0.25, 0.3) is 23.1 Å². The summed E-state index contributed by atoms with van der Waals surface area (Å²) in [7, 11) is 0. The molecule has 128 valence electrons. The van der Waals surface area contributed by atoms with E-state index >= 15 is 0 Å². The number of hydrogen-bond acceptors (Lipinski definition) is 3. The molecule has 2 heterocycles. The number of nitrogens with one attached hydrogen (secondary N) is 2. The lowest BCUT2D eigenvalue weighted by molar-refractivity contribution is 0.103. The first kappa shape index (κ1) is 16.3. The number of aromatic amines is 1. The van der Waals surface area contributed by atoms with E-state index in [0.29, 0.717) is 4.88 Å². The molecule has 5 heteroatoms. The zero-order valence-electron chi connectivity index (χ0n) is 14.2. The van der Waals surface area contributed by atoms with E-state index in [-0.39, 0.29) is 5.91 Å². The Bertz CT molecular complexity index is 1110. The number of carbonyl (C=O) groups excluding carboxylic acids is 1. The molecule has 0 bridgehead atoms. The summed E-state index contributed by atoms with van der Waals surface area (Å²) >= 11 is 1.49. The van der Waals surface area contributed by atoms with Gasteiger partial charge < -0.3 is 5.32 Å². The molecule has 1 amide bonds. The SMILES string of the molecule is Cc1ccc(C(=O)Nc2ccccc2/C=C/c2n[nH]c3ccccc23)s1. The predicted octanol–water partition coefficient (Wildman–Crippen LogP) is 5.36. The Morgan fingerprint density at radius 1 is 1.04 bits per heavy atom. The molecule has 2 N–H and O–H groups in total. The van der Waals surface area contributed by atoms with Crippen molar-refractivity contribution in [2.24, 2.45) is 0 Å². The van der Waals surface area contributed by atoms with Gasteiger partial charge in [-0.15, -0.1) is 11.3 Å². The van der Waals surface area contributed by atoms with Crippen molar-refractivity contribution in [1.82, 2.24) is 10.2 Å². The van der Waals surface area contributed by atoms with E-state index in [1.165, 1.54) is 11.3 Å².